The molecule has 15 heteroatoms. The quantitative estimate of drug-likeness (QED) is 0.245. The zero-order chi connectivity index (χ0) is 32.1. The molecule has 1 fully saturated rings. The molecule has 1 aliphatic rings. The van der Waals surface area contributed by atoms with E-state index in [0.29, 0.717) is 17.0 Å². The maximum absolute atomic E-state index is 14.2. The van der Waals surface area contributed by atoms with E-state index in [1.165, 1.54) is 44.2 Å². The van der Waals surface area contributed by atoms with Crippen molar-refractivity contribution in [2.24, 2.45) is 0 Å². The Balaban J connectivity index is 1.63. The normalized spacial score (nSPS) is 15.8. The summed E-state index contributed by atoms with van der Waals surface area (Å²) in [5, 5.41) is 0. The monoisotopic (exact) mass is 644 g/mol. The first-order valence-electron chi connectivity index (χ1n) is 12.5. The molecular weight excluding hydrogens is 619 g/mol. The van der Waals surface area contributed by atoms with Gasteiger partial charge in [0.2, 0.25) is 0 Å². The number of anilines is 1. The molecule has 0 atom stereocenters. The Morgan fingerprint density at radius 3 is 2.02 bits per heavy atom. The van der Waals surface area contributed by atoms with Crippen molar-refractivity contribution in [3.63, 3.8) is 0 Å². The number of carbonyl (C=O) groups is 2. The zero-order valence-corrected chi connectivity index (χ0v) is 24.6. The van der Waals surface area contributed by atoms with Gasteiger partial charge in [-0.3, -0.25) is 4.79 Å². The van der Waals surface area contributed by atoms with Gasteiger partial charge in [0.25, 0.3) is 5.91 Å². The van der Waals surface area contributed by atoms with E-state index in [9.17, 15) is 48.4 Å². The van der Waals surface area contributed by atoms with Crippen LogP contribution in [0.4, 0.5) is 32.4 Å². The highest BCUT2D eigenvalue weighted by molar-refractivity contribution is 7.90. The lowest BCUT2D eigenvalue weighted by atomic mass is 10.0. The third-order valence-electron chi connectivity index (χ3n) is 6.95. The van der Waals surface area contributed by atoms with Crippen LogP contribution in [0.15, 0.2) is 65.6 Å². The van der Waals surface area contributed by atoms with Gasteiger partial charge in [0, 0.05) is 12.8 Å². The fraction of sp³-hybridized carbons (Fsp3) is 0.286. The Morgan fingerprint density at radius 1 is 0.814 bits per heavy atom. The number of benzene rings is 3. The van der Waals surface area contributed by atoms with Gasteiger partial charge in [-0.1, -0.05) is 18.2 Å². The predicted molar refractivity (Wildman–Crippen MR) is 146 cm³/mol. The zero-order valence-electron chi connectivity index (χ0n) is 22.9. The van der Waals surface area contributed by atoms with E-state index < -0.39 is 84.3 Å². The van der Waals surface area contributed by atoms with E-state index in [2.05, 4.69) is 0 Å². The second-order valence-corrected chi connectivity index (χ2v) is 14.7. The smallest absolute Gasteiger partial charge is 0.305 e. The van der Waals surface area contributed by atoms with E-state index in [1.807, 2.05) is 0 Å². The number of urea groups is 1. The second-order valence-electron chi connectivity index (χ2n) is 10.6. The van der Waals surface area contributed by atoms with Crippen LogP contribution in [0, 0.1) is 11.6 Å². The van der Waals surface area contributed by atoms with Crippen LogP contribution >= 0.6 is 0 Å². The summed E-state index contributed by atoms with van der Waals surface area (Å²) < 4.78 is 117. The van der Waals surface area contributed by atoms with Crippen molar-refractivity contribution in [1.29, 1.82) is 0 Å². The number of carbonyl (C=O) groups excluding carboxylic acids is 2. The lowest BCUT2D eigenvalue weighted by Gasteiger charge is -2.28. The summed E-state index contributed by atoms with van der Waals surface area (Å²) in [6.45, 7) is 2.26. The number of imide groups is 1. The van der Waals surface area contributed by atoms with Crippen LogP contribution in [0.3, 0.4) is 0 Å². The van der Waals surface area contributed by atoms with Crippen LogP contribution < -0.4 is 4.90 Å². The summed E-state index contributed by atoms with van der Waals surface area (Å²) in [5.74, 6) is -4.47. The van der Waals surface area contributed by atoms with Crippen molar-refractivity contribution >= 4 is 37.3 Å². The molecule has 0 unspecified atom stereocenters. The molecule has 0 saturated carbocycles. The molecule has 0 spiro atoms. The fourth-order valence-corrected chi connectivity index (χ4v) is 6.80. The van der Waals surface area contributed by atoms with E-state index in [4.69, 9.17) is 0 Å². The average Bonchev–Trinajstić information content (AvgIpc) is 3.03. The van der Waals surface area contributed by atoms with Gasteiger partial charge in [0.15, 0.2) is 19.7 Å². The van der Waals surface area contributed by atoms with Crippen LogP contribution in [-0.2, 0) is 48.7 Å². The molecule has 3 amide bonds. The lowest BCUT2D eigenvalue weighted by molar-refractivity contribution is -0.140. The molecule has 0 aliphatic carbocycles. The minimum absolute atomic E-state index is 0.00202. The van der Waals surface area contributed by atoms with Gasteiger partial charge in [0.1, 0.15) is 17.2 Å². The standard InChI is InChI=1S/C28H25F5N2O6S2/c1-27(2)25(36)35(21-8-11-24(30)23(13-21)28(31,32)33)26(37)34(27)14-18-6-7-20(29)12-19(18)16-43(40,41)15-17-4-9-22(10-5-17)42(3,38)39/h4-13H,14-16H2,1-3H3. The lowest BCUT2D eigenvalue weighted by Crippen LogP contribution is -2.43. The van der Waals surface area contributed by atoms with Crippen molar-refractivity contribution in [1.82, 2.24) is 4.90 Å². The fourth-order valence-electron chi connectivity index (χ4n) is 4.63. The van der Waals surface area contributed by atoms with Gasteiger partial charge in [0.05, 0.1) is 27.7 Å². The molecule has 0 aromatic heterocycles. The second kappa shape index (κ2) is 11.0. The minimum atomic E-state index is -5.09. The summed E-state index contributed by atoms with van der Waals surface area (Å²) >= 11 is 0. The molecule has 4 rings (SSSR count). The molecule has 3 aromatic rings. The highest BCUT2D eigenvalue weighted by atomic mass is 32.2. The third kappa shape index (κ3) is 6.72. The van der Waals surface area contributed by atoms with Crippen molar-refractivity contribution in [3.05, 3.63) is 94.6 Å². The maximum atomic E-state index is 14.2. The Labute approximate surface area is 244 Å². The topological polar surface area (TPSA) is 109 Å². The summed E-state index contributed by atoms with van der Waals surface area (Å²) in [6, 6.07) is 9.08. The Kier molecular flexibility index (Phi) is 8.21. The number of nitrogens with zero attached hydrogens (tertiary/aromatic N) is 2. The number of hydrogen-bond acceptors (Lipinski definition) is 6. The van der Waals surface area contributed by atoms with Crippen LogP contribution in [0.1, 0.15) is 36.1 Å². The highest BCUT2D eigenvalue weighted by Gasteiger charge is 2.52. The van der Waals surface area contributed by atoms with E-state index >= 15 is 0 Å². The number of sulfone groups is 2. The molecule has 0 N–H and O–H groups in total. The first kappa shape index (κ1) is 32.1. The first-order chi connectivity index (χ1) is 19.7. The minimum Gasteiger partial charge on any atom is -0.305 e. The summed E-state index contributed by atoms with van der Waals surface area (Å²) in [4.78, 5) is 28.1. The van der Waals surface area contributed by atoms with Gasteiger partial charge in [-0.2, -0.15) is 13.2 Å². The van der Waals surface area contributed by atoms with E-state index in [-0.39, 0.29) is 21.6 Å². The van der Waals surface area contributed by atoms with Crippen molar-refractivity contribution in [3.8, 4) is 0 Å². The number of alkyl halides is 3. The Morgan fingerprint density at radius 2 is 1.44 bits per heavy atom. The molecule has 43 heavy (non-hydrogen) atoms. The number of rotatable bonds is 8. The number of amides is 3. The summed E-state index contributed by atoms with van der Waals surface area (Å²) in [6.07, 6.45) is -4.09. The number of halogens is 5. The average molecular weight is 645 g/mol. The highest BCUT2D eigenvalue weighted by Crippen LogP contribution is 2.38. The van der Waals surface area contributed by atoms with Gasteiger partial charge < -0.3 is 4.90 Å². The SMILES string of the molecule is CC1(C)C(=O)N(c2ccc(F)c(C(F)(F)F)c2)C(=O)N1Cc1ccc(F)cc1CS(=O)(=O)Cc1ccc(S(C)(=O)=O)cc1. The van der Waals surface area contributed by atoms with Gasteiger partial charge >= 0.3 is 12.2 Å². The molecule has 0 radical (unpaired) electrons. The van der Waals surface area contributed by atoms with E-state index in [1.54, 1.807) is 0 Å². The summed E-state index contributed by atoms with van der Waals surface area (Å²) in [7, 11) is -7.48. The summed E-state index contributed by atoms with van der Waals surface area (Å²) in [5.41, 5.74) is -3.40. The van der Waals surface area contributed by atoms with Crippen molar-refractivity contribution in [2.45, 2.75) is 48.5 Å². The molecule has 0 bridgehead atoms. The van der Waals surface area contributed by atoms with Crippen LogP contribution in [0.25, 0.3) is 0 Å². The molecule has 1 aliphatic heterocycles. The van der Waals surface area contributed by atoms with Gasteiger partial charge in [-0.25, -0.2) is 35.3 Å². The molecular formula is C28H25F5N2O6S2. The maximum Gasteiger partial charge on any atom is 0.419 e. The largest absolute Gasteiger partial charge is 0.419 e. The predicted octanol–water partition coefficient (Wildman–Crippen LogP) is 5.25. The van der Waals surface area contributed by atoms with Crippen molar-refractivity contribution < 1.29 is 48.4 Å². The molecule has 1 heterocycles. The van der Waals surface area contributed by atoms with Crippen LogP contribution in [0.2, 0.25) is 0 Å². The van der Waals surface area contributed by atoms with Crippen LogP contribution in [0.5, 0.6) is 0 Å². The first-order valence-corrected chi connectivity index (χ1v) is 16.2. The Bertz CT molecular complexity index is 1820. The molecule has 230 valence electrons. The number of hydrogen-bond donors (Lipinski definition) is 0. The van der Waals surface area contributed by atoms with Crippen molar-refractivity contribution in [2.75, 3.05) is 11.2 Å². The van der Waals surface area contributed by atoms with Gasteiger partial charge in [-0.05, 0) is 73.0 Å². The molecule has 1 saturated heterocycles. The molecule has 3 aromatic carbocycles. The van der Waals surface area contributed by atoms with Gasteiger partial charge in [-0.15, -0.1) is 0 Å². The third-order valence-corrected chi connectivity index (χ3v) is 9.60. The Hall–Kier alpha value is -3.85. The van der Waals surface area contributed by atoms with E-state index in [0.717, 1.165) is 29.4 Å². The molecule has 8 nitrogen and oxygen atoms in total. The van der Waals surface area contributed by atoms with Crippen LogP contribution in [-0.4, -0.2) is 45.5 Å².